The molecule has 0 aromatic rings. The average molecular weight is 210 g/mol. The molecule has 2 rings (SSSR count). The summed E-state index contributed by atoms with van der Waals surface area (Å²) in [5, 5.41) is 3.52. The van der Waals surface area contributed by atoms with Crippen molar-refractivity contribution in [3.05, 3.63) is 0 Å². The smallest absolute Gasteiger partial charge is 0.227 e. The van der Waals surface area contributed by atoms with Crippen LogP contribution in [0.2, 0.25) is 0 Å². The molecule has 0 radical (unpaired) electrons. The number of hydrogen-bond donors (Lipinski definition) is 1. The summed E-state index contributed by atoms with van der Waals surface area (Å²) in [6.45, 7) is 9.06. The molecule has 2 unspecified atom stereocenters. The molecule has 15 heavy (non-hydrogen) atoms. The summed E-state index contributed by atoms with van der Waals surface area (Å²) < 4.78 is 0. The van der Waals surface area contributed by atoms with Crippen molar-refractivity contribution in [3.8, 4) is 0 Å². The molecule has 2 aliphatic heterocycles. The number of nitrogens with zero attached hydrogens (tertiary/aromatic N) is 1. The molecule has 2 saturated heterocycles. The molecule has 2 aliphatic rings. The van der Waals surface area contributed by atoms with Gasteiger partial charge in [-0.25, -0.2) is 0 Å². The average Bonchev–Trinajstić information content (AvgIpc) is 2.61. The number of likely N-dealkylation sites (tertiary alicyclic amines) is 1. The van der Waals surface area contributed by atoms with Crippen molar-refractivity contribution in [2.75, 3.05) is 19.6 Å². The first kappa shape index (κ1) is 10.9. The molecule has 1 N–H and O–H groups in total. The van der Waals surface area contributed by atoms with Gasteiger partial charge in [-0.05, 0) is 25.3 Å². The van der Waals surface area contributed by atoms with E-state index in [1.807, 2.05) is 20.8 Å². The summed E-state index contributed by atoms with van der Waals surface area (Å²) in [6.07, 6.45) is 2.37. The van der Waals surface area contributed by atoms with E-state index in [9.17, 15) is 4.79 Å². The maximum Gasteiger partial charge on any atom is 0.227 e. The molecule has 0 bridgehead atoms. The lowest BCUT2D eigenvalue weighted by atomic mass is 9.89. The molecule has 2 atom stereocenters. The number of fused-ring (bicyclic) bond motifs is 1. The van der Waals surface area contributed by atoms with Crippen LogP contribution in [0.5, 0.6) is 0 Å². The van der Waals surface area contributed by atoms with E-state index < -0.39 is 0 Å². The van der Waals surface area contributed by atoms with Crippen molar-refractivity contribution in [2.24, 2.45) is 11.3 Å². The first-order valence-corrected chi connectivity index (χ1v) is 6.01. The van der Waals surface area contributed by atoms with E-state index >= 15 is 0 Å². The van der Waals surface area contributed by atoms with E-state index in [0.717, 1.165) is 26.1 Å². The van der Waals surface area contributed by atoms with Crippen LogP contribution < -0.4 is 5.32 Å². The maximum absolute atomic E-state index is 12.1. The van der Waals surface area contributed by atoms with Crippen LogP contribution in [0.25, 0.3) is 0 Å². The molecule has 0 aliphatic carbocycles. The Kier molecular flexibility index (Phi) is 2.75. The lowest BCUT2D eigenvalue weighted by molar-refractivity contribution is -0.141. The Bertz CT molecular complexity index is 257. The van der Waals surface area contributed by atoms with Gasteiger partial charge in [-0.2, -0.15) is 0 Å². The van der Waals surface area contributed by atoms with Gasteiger partial charge in [0, 0.05) is 24.5 Å². The van der Waals surface area contributed by atoms with E-state index in [4.69, 9.17) is 0 Å². The van der Waals surface area contributed by atoms with Crippen LogP contribution in [0.4, 0.5) is 0 Å². The number of amides is 1. The normalized spacial score (nSPS) is 31.5. The van der Waals surface area contributed by atoms with Crippen LogP contribution in [-0.2, 0) is 4.79 Å². The van der Waals surface area contributed by atoms with E-state index in [-0.39, 0.29) is 5.41 Å². The van der Waals surface area contributed by atoms with Gasteiger partial charge in [0.05, 0.1) is 0 Å². The Balaban J connectivity index is 1.98. The van der Waals surface area contributed by atoms with Crippen LogP contribution in [0.15, 0.2) is 0 Å². The summed E-state index contributed by atoms with van der Waals surface area (Å²) in [6, 6.07) is 0.675. The number of carbonyl (C=O) groups is 1. The number of nitrogens with one attached hydrogen (secondary N) is 1. The van der Waals surface area contributed by atoms with Crippen molar-refractivity contribution in [3.63, 3.8) is 0 Å². The molecule has 0 aromatic heterocycles. The van der Waals surface area contributed by atoms with Crippen molar-refractivity contribution in [2.45, 2.75) is 39.7 Å². The summed E-state index contributed by atoms with van der Waals surface area (Å²) in [4.78, 5) is 14.2. The third-order valence-electron chi connectivity index (χ3n) is 3.58. The molecule has 3 nitrogen and oxygen atoms in total. The molecule has 2 fully saturated rings. The second-order valence-corrected chi connectivity index (χ2v) is 5.90. The second kappa shape index (κ2) is 3.78. The van der Waals surface area contributed by atoms with Gasteiger partial charge in [0.15, 0.2) is 0 Å². The minimum absolute atomic E-state index is 0.223. The lowest BCUT2D eigenvalue weighted by Gasteiger charge is -2.38. The van der Waals surface area contributed by atoms with Gasteiger partial charge in [-0.1, -0.05) is 20.8 Å². The van der Waals surface area contributed by atoms with E-state index in [0.29, 0.717) is 17.9 Å². The van der Waals surface area contributed by atoms with E-state index in [2.05, 4.69) is 10.2 Å². The van der Waals surface area contributed by atoms with Gasteiger partial charge >= 0.3 is 0 Å². The van der Waals surface area contributed by atoms with E-state index in [1.165, 1.54) is 6.42 Å². The van der Waals surface area contributed by atoms with E-state index in [1.54, 1.807) is 0 Å². The zero-order valence-electron chi connectivity index (χ0n) is 10.0. The molecular weight excluding hydrogens is 188 g/mol. The number of carbonyl (C=O) groups excluding carboxylic acids is 1. The fraction of sp³-hybridized carbons (Fsp3) is 0.917. The summed E-state index contributed by atoms with van der Waals surface area (Å²) in [5.41, 5.74) is -0.223. The van der Waals surface area contributed by atoms with Crippen LogP contribution in [0, 0.1) is 11.3 Å². The van der Waals surface area contributed by atoms with Crippen molar-refractivity contribution in [1.29, 1.82) is 0 Å². The Morgan fingerprint density at radius 2 is 2.07 bits per heavy atom. The topological polar surface area (TPSA) is 32.3 Å². The minimum atomic E-state index is -0.223. The maximum atomic E-state index is 12.1. The molecule has 86 valence electrons. The number of rotatable bonds is 0. The van der Waals surface area contributed by atoms with Gasteiger partial charge in [-0.15, -0.1) is 0 Å². The number of hydrogen-bond acceptors (Lipinski definition) is 2. The molecule has 3 heteroatoms. The van der Waals surface area contributed by atoms with Crippen molar-refractivity contribution >= 4 is 5.91 Å². The van der Waals surface area contributed by atoms with Gasteiger partial charge in [-0.3, -0.25) is 4.79 Å². The molecule has 0 aromatic carbocycles. The van der Waals surface area contributed by atoms with Crippen LogP contribution >= 0.6 is 0 Å². The van der Waals surface area contributed by atoms with Gasteiger partial charge in [0.1, 0.15) is 0 Å². The molecular formula is C12H22N2O. The third kappa shape index (κ3) is 2.17. The second-order valence-electron chi connectivity index (χ2n) is 5.90. The highest BCUT2D eigenvalue weighted by Gasteiger charge is 2.37. The highest BCUT2D eigenvalue weighted by atomic mass is 16.2. The van der Waals surface area contributed by atoms with Gasteiger partial charge < -0.3 is 10.2 Å². The Morgan fingerprint density at radius 3 is 2.73 bits per heavy atom. The predicted molar refractivity (Wildman–Crippen MR) is 60.5 cm³/mol. The number of piperidine rings is 1. The first-order valence-electron chi connectivity index (χ1n) is 6.01. The molecule has 2 heterocycles. The summed E-state index contributed by atoms with van der Waals surface area (Å²) in [5.74, 6) is 1.01. The van der Waals surface area contributed by atoms with Crippen LogP contribution in [-0.4, -0.2) is 36.5 Å². The molecule has 0 spiro atoms. The highest BCUT2D eigenvalue weighted by Crippen LogP contribution is 2.27. The zero-order valence-corrected chi connectivity index (χ0v) is 10.0. The quantitative estimate of drug-likeness (QED) is 0.652. The van der Waals surface area contributed by atoms with Gasteiger partial charge in [0.2, 0.25) is 5.91 Å². The van der Waals surface area contributed by atoms with Crippen LogP contribution in [0.3, 0.4) is 0 Å². The largest absolute Gasteiger partial charge is 0.342 e. The fourth-order valence-corrected chi connectivity index (χ4v) is 2.71. The predicted octanol–water partition coefficient (Wildman–Crippen LogP) is 1.24. The lowest BCUT2D eigenvalue weighted by Crippen LogP contribution is -2.50. The molecule has 1 amide bonds. The highest BCUT2D eigenvalue weighted by molar-refractivity contribution is 5.81. The zero-order chi connectivity index (χ0) is 11.1. The summed E-state index contributed by atoms with van der Waals surface area (Å²) in [7, 11) is 0. The Labute approximate surface area is 92.2 Å². The van der Waals surface area contributed by atoms with Crippen molar-refractivity contribution < 1.29 is 4.79 Å². The third-order valence-corrected chi connectivity index (χ3v) is 3.58. The van der Waals surface area contributed by atoms with Crippen LogP contribution in [0.1, 0.15) is 33.6 Å². The van der Waals surface area contributed by atoms with Gasteiger partial charge in [0.25, 0.3) is 0 Å². The standard InChI is InChI=1S/C12H22N2O/c1-12(2,3)11(15)14-7-5-10-9(8-14)4-6-13-10/h9-10,13H,4-8H2,1-3H3. The Hall–Kier alpha value is -0.570. The monoisotopic (exact) mass is 210 g/mol. The SMILES string of the molecule is CC(C)(C)C(=O)N1CCC2NCCC2C1. The summed E-state index contributed by atoms with van der Waals surface area (Å²) >= 11 is 0. The van der Waals surface area contributed by atoms with Crippen molar-refractivity contribution in [1.82, 2.24) is 10.2 Å². The Morgan fingerprint density at radius 1 is 1.33 bits per heavy atom. The molecule has 0 saturated carbocycles. The first-order chi connectivity index (χ1) is 6.98. The minimum Gasteiger partial charge on any atom is -0.342 e. The fourth-order valence-electron chi connectivity index (χ4n) is 2.71.